The first-order chi connectivity index (χ1) is 4.70. The molecule has 2 unspecified atom stereocenters. The highest BCUT2D eigenvalue weighted by molar-refractivity contribution is 5.32. The van der Waals surface area contributed by atoms with E-state index in [-0.39, 0.29) is 6.47 Å². The fourth-order valence-electron chi connectivity index (χ4n) is 1.17. The molecule has 1 aliphatic heterocycles. The highest BCUT2D eigenvalue weighted by Crippen LogP contribution is 2.10. The molecule has 1 heterocycles. The molecule has 10 heavy (non-hydrogen) atoms. The van der Waals surface area contributed by atoms with Crippen LogP contribution in [0, 0.1) is 5.92 Å². The third kappa shape index (κ3) is 4.32. The normalized spacial score (nSPS) is 30.6. The van der Waals surface area contributed by atoms with Gasteiger partial charge in [0.2, 0.25) is 0 Å². The SMILES string of the molecule is CC1CNC(C)C1.O=CO. The summed E-state index contributed by atoms with van der Waals surface area (Å²) in [6, 6.07) is 0.773. The van der Waals surface area contributed by atoms with Crippen molar-refractivity contribution >= 4 is 6.47 Å². The van der Waals surface area contributed by atoms with Gasteiger partial charge in [-0.1, -0.05) is 6.92 Å². The van der Waals surface area contributed by atoms with Crippen molar-refractivity contribution < 1.29 is 9.90 Å². The van der Waals surface area contributed by atoms with Crippen LogP contribution >= 0.6 is 0 Å². The second-order valence-corrected chi connectivity index (χ2v) is 2.76. The Morgan fingerprint density at radius 2 is 2.10 bits per heavy atom. The summed E-state index contributed by atoms with van der Waals surface area (Å²) in [7, 11) is 0. The number of carboxylic acid groups (broad SMARTS) is 1. The molecule has 3 nitrogen and oxygen atoms in total. The quantitative estimate of drug-likeness (QED) is 0.493. The highest BCUT2D eigenvalue weighted by Gasteiger charge is 2.14. The lowest BCUT2D eigenvalue weighted by Crippen LogP contribution is -2.16. The molecule has 1 fully saturated rings. The van der Waals surface area contributed by atoms with Gasteiger partial charge in [-0.2, -0.15) is 0 Å². The Morgan fingerprint density at radius 3 is 2.20 bits per heavy atom. The average Bonchev–Trinajstić information content (AvgIpc) is 2.17. The molecule has 0 aromatic carbocycles. The summed E-state index contributed by atoms with van der Waals surface area (Å²) >= 11 is 0. The predicted molar refractivity (Wildman–Crippen MR) is 39.9 cm³/mol. The Bertz CT molecular complexity index is 87.6. The molecule has 60 valence electrons. The van der Waals surface area contributed by atoms with Gasteiger partial charge in [-0.15, -0.1) is 0 Å². The summed E-state index contributed by atoms with van der Waals surface area (Å²) in [5.41, 5.74) is 0. The van der Waals surface area contributed by atoms with Crippen LogP contribution in [0.4, 0.5) is 0 Å². The van der Waals surface area contributed by atoms with Crippen molar-refractivity contribution in [2.45, 2.75) is 26.3 Å². The summed E-state index contributed by atoms with van der Waals surface area (Å²) in [4.78, 5) is 8.36. The van der Waals surface area contributed by atoms with E-state index in [1.807, 2.05) is 0 Å². The third-order valence-corrected chi connectivity index (χ3v) is 1.57. The van der Waals surface area contributed by atoms with Gasteiger partial charge >= 0.3 is 0 Å². The van der Waals surface area contributed by atoms with Crippen LogP contribution in [-0.2, 0) is 4.79 Å². The molecule has 2 N–H and O–H groups in total. The molecular formula is C7H15NO2. The van der Waals surface area contributed by atoms with Gasteiger partial charge in [-0.25, -0.2) is 0 Å². The van der Waals surface area contributed by atoms with Crippen LogP contribution in [-0.4, -0.2) is 24.2 Å². The van der Waals surface area contributed by atoms with Crippen molar-refractivity contribution in [2.24, 2.45) is 5.92 Å². The molecule has 0 radical (unpaired) electrons. The topological polar surface area (TPSA) is 49.3 Å². The predicted octanol–water partition coefficient (Wildman–Crippen LogP) is 0.705. The minimum absolute atomic E-state index is 0.250. The van der Waals surface area contributed by atoms with Crippen LogP contribution in [0.3, 0.4) is 0 Å². The fraction of sp³-hybridized carbons (Fsp3) is 0.857. The fourth-order valence-corrected chi connectivity index (χ4v) is 1.17. The van der Waals surface area contributed by atoms with E-state index >= 15 is 0 Å². The van der Waals surface area contributed by atoms with E-state index in [0.717, 1.165) is 12.0 Å². The largest absolute Gasteiger partial charge is 0.483 e. The molecule has 3 heteroatoms. The van der Waals surface area contributed by atoms with E-state index in [1.165, 1.54) is 13.0 Å². The molecule has 0 bridgehead atoms. The van der Waals surface area contributed by atoms with E-state index < -0.39 is 0 Å². The number of hydrogen-bond acceptors (Lipinski definition) is 2. The van der Waals surface area contributed by atoms with Gasteiger partial charge in [0.15, 0.2) is 0 Å². The van der Waals surface area contributed by atoms with Crippen LogP contribution in [0.15, 0.2) is 0 Å². The van der Waals surface area contributed by atoms with Crippen LogP contribution in [0.25, 0.3) is 0 Å². The van der Waals surface area contributed by atoms with Gasteiger partial charge in [-0.05, 0) is 25.8 Å². The van der Waals surface area contributed by atoms with Crippen molar-refractivity contribution in [2.75, 3.05) is 6.54 Å². The van der Waals surface area contributed by atoms with Gasteiger partial charge < -0.3 is 10.4 Å². The minimum Gasteiger partial charge on any atom is -0.483 e. The molecule has 1 aliphatic rings. The van der Waals surface area contributed by atoms with Crippen LogP contribution in [0.1, 0.15) is 20.3 Å². The van der Waals surface area contributed by atoms with E-state index in [4.69, 9.17) is 9.90 Å². The average molecular weight is 145 g/mol. The molecule has 0 saturated carbocycles. The summed E-state index contributed by atoms with van der Waals surface area (Å²) in [5, 5.41) is 10.3. The molecule has 2 atom stereocenters. The Morgan fingerprint density at radius 1 is 1.60 bits per heavy atom. The zero-order valence-corrected chi connectivity index (χ0v) is 6.50. The molecule has 1 rings (SSSR count). The van der Waals surface area contributed by atoms with Crippen LogP contribution in [0.5, 0.6) is 0 Å². The summed E-state index contributed by atoms with van der Waals surface area (Å²) < 4.78 is 0. The number of hydrogen-bond donors (Lipinski definition) is 2. The summed E-state index contributed by atoms with van der Waals surface area (Å²) in [5.74, 6) is 0.912. The van der Waals surface area contributed by atoms with Crippen molar-refractivity contribution in [3.8, 4) is 0 Å². The number of nitrogens with one attached hydrogen (secondary N) is 1. The van der Waals surface area contributed by atoms with E-state index in [9.17, 15) is 0 Å². The monoisotopic (exact) mass is 145 g/mol. The second-order valence-electron chi connectivity index (χ2n) is 2.76. The molecule has 0 aromatic heterocycles. The first-order valence-electron chi connectivity index (χ1n) is 3.52. The Hall–Kier alpha value is -0.570. The lowest BCUT2D eigenvalue weighted by molar-refractivity contribution is -0.122. The maximum Gasteiger partial charge on any atom is 0.290 e. The van der Waals surface area contributed by atoms with Crippen molar-refractivity contribution in [1.29, 1.82) is 0 Å². The molecule has 0 spiro atoms. The molecule has 0 aromatic rings. The molecule has 0 amide bonds. The second kappa shape index (κ2) is 5.23. The molecule has 1 saturated heterocycles. The van der Waals surface area contributed by atoms with Crippen molar-refractivity contribution in [1.82, 2.24) is 5.32 Å². The first-order valence-corrected chi connectivity index (χ1v) is 3.52. The van der Waals surface area contributed by atoms with E-state index in [1.54, 1.807) is 0 Å². The van der Waals surface area contributed by atoms with Gasteiger partial charge in [0.25, 0.3) is 6.47 Å². The van der Waals surface area contributed by atoms with Gasteiger partial charge in [0.1, 0.15) is 0 Å². The molecular weight excluding hydrogens is 130 g/mol. The minimum atomic E-state index is -0.250. The third-order valence-electron chi connectivity index (χ3n) is 1.57. The highest BCUT2D eigenvalue weighted by atomic mass is 16.3. The summed E-state index contributed by atoms with van der Waals surface area (Å²) in [6.45, 7) is 5.50. The number of rotatable bonds is 0. The lowest BCUT2D eigenvalue weighted by atomic mass is 10.1. The zero-order chi connectivity index (χ0) is 7.98. The van der Waals surface area contributed by atoms with Crippen molar-refractivity contribution in [3.05, 3.63) is 0 Å². The maximum atomic E-state index is 8.36. The maximum absolute atomic E-state index is 8.36. The van der Waals surface area contributed by atoms with Crippen LogP contribution < -0.4 is 5.32 Å². The smallest absolute Gasteiger partial charge is 0.290 e. The first kappa shape index (κ1) is 9.43. The summed E-state index contributed by atoms with van der Waals surface area (Å²) in [6.07, 6.45) is 1.36. The van der Waals surface area contributed by atoms with E-state index in [2.05, 4.69) is 19.2 Å². The molecule has 0 aliphatic carbocycles. The van der Waals surface area contributed by atoms with Crippen LogP contribution in [0.2, 0.25) is 0 Å². The Kier molecular flexibility index (Phi) is 4.94. The van der Waals surface area contributed by atoms with E-state index in [0.29, 0.717) is 0 Å². The van der Waals surface area contributed by atoms with Gasteiger partial charge in [0.05, 0.1) is 0 Å². The van der Waals surface area contributed by atoms with Gasteiger partial charge in [0, 0.05) is 6.04 Å². The zero-order valence-electron chi connectivity index (χ0n) is 6.50. The lowest BCUT2D eigenvalue weighted by Gasteiger charge is -1.96. The van der Waals surface area contributed by atoms with Crippen molar-refractivity contribution in [3.63, 3.8) is 0 Å². The Labute approximate surface area is 61.4 Å². The Balaban J connectivity index is 0.000000236. The van der Waals surface area contributed by atoms with Gasteiger partial charge in [-0.3, -0.25) is 4.79 Å². The number of carbonyl (C=O) groups is 1. The standard InChI is InChI=1S/C6H13N.CH2O2/c1-5-3-6(2)7-4-5;2-1-3/h5-7H,3-4H2,1-2H3;1H,(H,2,3).